The van der Waals surface area contributed by atoms with Gasteiger partial charge in [-0.3, -0.25) is 28.8 Å². The molecule has 1 aromatic rings. The third kappa shape index (κ3) is 13.8. The van der Waals surface area contributed by atoms with Crippen molar-refractivity contribution in [2.75, 3.05) is 27.2 Å². The van der Waals surface area contributed by atoms with Crippen molar-refractivity contribution in [2.24, 2.45) is 5.41 Å². The quantitative estimate of drug-likeness (QED) is 0.207. The monoisotopic (exact) mass is 744 g/mol. The number of Topliss-reactive ketones (excluding diaryl/α,β-unsaturated/α-hetero) is 1. The summed E-state index contributed by atoms with van der Waals surface area (Å²) in [6.45, 7) is 17.2. The van der Waals surface area contributed by atoms with Gasteiger partial charge in [-0.05, 0) is 65.4 Å². The number of ketones is 1. The van der Waals surface area contributed by atoms with Crippen molar-refractivity contribution in [3.63, 3.8) is 0 Å². The van der Waals surface area contributed by atoms with Crippen molar-refractivity contribution in [3.05, 3.63) is 35.9 Å². The summed E-state index contributed by atoms with van der Waals surface area (Å²) >= 11 is 0. The Labute approximate surface area is 313 Å². The third-order valence-corrected chi connectivity index (χ3v) is 8.14. The first-order valence-electron chi connectivity index (χ1n) is 18.0. The number of amides is 6. The van der Waals surface area contributed by atoms with Gasteiger partial charge in [-0.2, -0.15) is 0 Å². The molecule has 0 radical (unpaired) electrons. The van der Waals surface area contributed by atoms with Crippen molar-refractivity contribution < 1.29 is 43.0 Å². The van der Waals surface area contributed by atoms with Crippen LogP contribution in [-0.2, 0) is 38.2 Å². The Bertz CT molecular complexity index is 1480. The van der Waals surface area contributed by atoms with Crippen LogP contribution in [0.15, 0.2) is 30.3 Å². The molecule has 6 amide bonds. The van der Waals surface area contributed by atoms with Crippen LogP contribution in [0.2, 0.25) is 0 Å². The van der Waals surface area contributed by atoms with E-state index in [1.165, 1.54) is 9.80 Å². The molecule has 1 aromatic carbocycles. The fourth-order valence-corrected chi connectivity index (χ4v) is 5.76. The second-order valence-corrected chi connectivity index (χ2v) is 16.5. The lowest BCUT2D eigenvalue weighted by Crippen LogP contribution is -2.61. The fourth-order valence-electron chi connectivity index (χ4n) is 5.76. The number of hydrogen-bond donors (Lipinski definition) is 4. The van der Waals surface area contributed by atoms with E-state index in [1.807, 2.05) is 20.8 Å². The van der Waals surface area contributed by atoms with E-state index in [0.29, 0.717) is 18.4 Å². The van der Waals surface area contributed by atoms with Gasteiger partial charge in [0, 0.05) is 20.6 Å². The largest absolute Gasteiger partial charge is 0.444 e. The molecule has 2 rings (SSSR count). The van der Waals surface area contributed by atoms with Gasteiger partial charge >= 0.3 is 6.09 Å². The summed E-state index contributed by atoms with van der Waals surface area (Å²) in [5.74, 6) is -4.43. The molecule has 0 aromatic heterocycles. The Balaban J connectivity index is 2.28. The van der Waals surface area contributed by atoms with E-state index in [9.17, 15) is 33.6 Å². The number of alkyl carbamates (subject to hydrolysis) is 1. The van der Waals surface area contributed by atoms with Gasteiger partial charge < -0.3 is 40.5 Å². The summed E-state index contributed by atoms with van der Waals surface area (Å²) in [6.07, 6.45) is -0.752. The van der Waals surface area contributed by atoms with Crippen LogP contribution < -0.4 is 21.3 Å². The molecule has 5 atom stereocenters. The number of nitrogens with zero attached hydrogens (tertiary/aromatic N) is 2. The number of likely N-dealkylation sites (N-methyl/N-ethyl adjacent to an activating group) is 1. The van der Waals surface area contributed by atoms with Gasteiger partial charge in [0.2, 0.25) is 29.4 Å². The van der Waals surface area contributed by atoms with Crippen LogP contribution in [0.3, 0.4) is 0 Å². The third-order valence-electron chi connectivity index (χ3n) is 8.14. The SMILES string of the molecule is CCC[C@H](NC(=O)[C@@H]1[C@@H](OC(C)(C)C)CCN1C(=O)[C@@H](NC(=O)OC(C)(C)C)C(C)(C)C)C(=O)C(=O)NCC(=O)NC(C(=O)N(C)C)c1ccccc1. The van der Waals surface area contributed by atoms with E-state index in [4.69, 9.17) is 9.47 Å². The second kappa shape index (κ2) is 18.5. The van der Waals surface area contributed by atoms with Crippen molar-refractivity contribution in [1.29, 1.82) is 0 Å². The number of nitrogens with one attached hydrogen (secondary N) is 4. The van der Waals surface area contributed by atoms with Crippen molar-refractivity contribution in [2.45, 2.75) is 130 Å². The summed E-state index contributed by atoms with van der Waals surface area (Å²) in [4.78, 5) is 96.0. The van der Waals surface area contributed by atoms with Gasteiger partial charge in [-0.15, -0.1) is 0 Å². The molecule has 1 aliphatic rings. The molecular weight excluding hydrogens is 684 g/mol. The molecule has 0 spiro atoms. The number of rotatable bonds is 14. The fraction of sp³-hybridized carbons (Fsp3) is 0.658. The van der Waals surface area contributed by atoms with Crippen LogP contribution >= 0.6 is 0 Å². The van der Waals surface area contributed by atoms with Crippen LogP contribution in [-0.4, -0.2) is 114 Å². The molecule has 15 heteroatoms. The Kier molecular flexibility index (Phi) is 15.6. The van der Waals surface area contributed by atoms with Gasteiger partial charge in [0.15, 0.2) is 0 Å². The maximum absolute atomic E-state index is 14.2. The molecule has 0 saturated carbocycles. The zero-order valence-electron chi connectivity index (χ0n) is 33.4. The molecule has 4 N–H and O–H groups in total. The van der Waals surface area contributed by atoms with Crippen molar-refractivity contribution in [3.8, 4) is 0 Å². The summed E-state index contributed by atoms with van der Waals surface area (Å²) in [5.41, 5.74) is -1.76. The predicted octanol–water partition coefficient (Wildman–Crippen LogP) is 2.63. The Hall–Kier alpha value is -4.53. The standard InChI is InChI=1S/C38H60N6O9/c1-13-17-24(29(46)32(48)39-22-26(45)41-27(33(49)43(11)12)23-18-15-14-16-19-23)40-31(47)28-25(52-37(5,6)7)20-21-44(28)34(50)30(36(2,3)4)42-35(51)53-38(8,9)10/h14-16,18-19,24-25,27-28,30H,13,17,20-22H2,1-12H3,(H,39,48)(H,40,47)(H,41,45)(H,42,51)/t24-,25-,27?,28-,30+/m0/s1. The van der Waals surface area contributed by atoms with E-state index in [-0.39, 0.29) is 18.9 Å². The summed E-state index contributed by atoms with van der Waals surface area (Å²) < 4.78 is 11.6. The molecule has 1 saturated heterocycles. The molecule has 1 fully saturated rings. The summed E-state index contributed by atoms with van der Waals surface area (Å²) in [6, 6.07) is 4.01. The number of likely N-dealkylation sites (tertiary alicyclic amines) is 1. The first-order chi connectivity index (χ1) is 24.4. The molecule has 0 aliphatic carbocycles. The first-order valence-corrected chi connectivity index (χ1v) is 18.0. The normalized spacial score (nSPS) is 17.8. The van der Waals surface area contributed by atoms with Crippen LogP contribution in [0.1, 0.15) is 100 Å². The van der Waals surface area contributed by atoms with Crippen LogP contribution in [0.25, 0.3) is 0 Å². The molecule has 1 unspecified atom stereocenters. The van der Waals surface area contributed by atoms with Gasteiger partial charge in [-0.1, -0.05) is 64.4 Å². The van der Waals surface area contributed by atoms with E-state index in [2.05, 4.69) is 21.3 Å². The Morgan fingerprint density at radius 1 is 0.868 bits per heavy atom. The molecule has 1 heterocycles. The Morgan fingerprint density at radius 3 is 1.98 bits per heavy atom. The molecule has 296 valence electrons. The summed E-state index contributed by atoms with van der Waals surface area (Å²) in [5, 5.41) is 10.3. The summed E-state index contributed by atoms with van der Waals surface area (Å²) in [7, 11) is 3.10. The minimum Gasteiger partial charge on any atom is -0.444 e. The molecule has 15 nitrogen and oxygen atoms in total. The average molecular weight is 745 g/mol. The zero-order valence-corrected chi connectivity index (χ0v) is 33.4. The van der Waals surface area contributed by atoms with E-state index in [0.717, 1.165) is 0 Å². The zero-order chi connectivity index (χ0) is 40.5. The molecule has 53 heavy (non-hydrogen) atoms. The highest BCUT2D eigenvalue weighted by atomic mass is 16.6. The number of hydrogen-bond acceptors (Lipinski definition) is 9. The lowest BCUT2D eigenvalue weighted by atomic mass is 9.85. The van der Waals surface area contributed by atoms with Gasteiger partial charge in [0.05, 0.1) is 24.3 Å². The number of carbonyl (C=O) groups excluding carboxylic acids is 7. The topological polar surface area (TPSA) is 193 Å². The first kappa shape index (κ1) is 44.6. The molecule has 0 bridgehead atoms. The van der Waals surface area contributed by atoms with Crippen LogP contribution in [0.5, 0.6) is 0 Å². The number of benzene rings is 1. The minimum absolute atomic E-state index is 0.0912. The molecular formula is C38H60N6O9. The van der Waals surface area contributed by atoms with Gasteiger partial charge in [0.1, 0.15) is 23.7 Å². The van der Waals surface area contributed by atoms with E-state index in [1.54, 1.807) is 92.9 Å². The minimum atomic E-state index is -1.28. The second-order valence-electron chi connectivity index (χ2n) is 16.5. The van der Waals surface area contributed by atoms with Crippen molar-refractivity contribution >= 4 is 41.4 Å². The predicted molar refractivity (Wildman–Crippen MR) is 198 cm³/mol. The van der Waals surface area contributed by atoms with Gasteiger partial charge in [0.25, 0.3) is 5.91 Å². The van der Waals surface area contributed by atoms with Crippen LogP contribution in [0.4, 0.5) is 4.79 Å². The van der Waals surface area contributed by atoms with Crippen LogP contribution in [0, 0.1) is 5.41 Å². The highest BCUT2D eigenvalue weighted by Gasteiger charge is 2.48. The lowest BCUT2D eigenvalue weighted by molar-refractivity contribution is -0.149. The smallest absolute Gasteiger partial charge is 0.408 e. The van der Waals surface area contributed by atoms with E-state index >= 15 is 0 Å². The maximum Gasteiger partial charge on any atom is 0.408 e. The number of ether oxygens (including phenoxy) is 2. The average Bonchev–Trinajstić information content (AvgIpc) is 3.44. The maximum atomic E-state index is 14.2. The van der Waals surface area contributed by atoms with Gasteiger partial charge in [-0.25, -0.2) is 4.79 Å². The Morgan fingerprint density at radius 2 is 1.47 bits per heavy atom. The van der Waals surface area contributed by atoms with E-state index < -0.39 is 88.9 Å². The lowest BCUT2D eigenvalue weighted by Gasteiger charge is -2.37. The van der Waals surface area contributed by atoms with Crippen molar-refractivity contribution in [1.82, 2.24) is 31.1 Å². The molecule has 1 aliphatic heterocycles. The highest BCUT2D eigenvalue weighted by molar-refractivity contribution is 6.38. The number of carbonyl (C=O) groups is 7. The highest BCUT2D eigenvalue weighted by Crippen LogP contribution is 2.30.